The summed E-state index contributed by atoms with van der Waals surface area (Å²) in [4.78, 5) is 20.5. The van der Waals surface area contributed by atoms with Crippen molar-refractivity contribution in [2.75, 3.05) is 6.54 Å². The summed E-state index contributed by atoms with van der Waals surface area (Å²) in [5.74, 6) is -0.369. The van der Waals surface area contributed by atoms with E-state index in [0.29, 0.717) is 13.1 Å². The van der Waals surface area contributed by atoms with Crippen molar-refractivity contribution >= 4 is 11.6 Å². The fourth-order valence-electron chi connectivity index (χ4n) is 1.22. The van der Waals surface area contributed by atoms with Crippen LogP contribution in [-0.4, -0.2) is 17.4 Å². The number of hydrogen-bond acceptors (Lipinski definition) is 4. The Balaban J connectivity index is 2.45. The zero-order valence-electron chi connectivity index (χ0n) is 8.68. The number of nitro groups is 1. The summed E-state index contributed by atoms with van der Waals surface area (Å²) in [6.45, 7) is 0.951. The predicted molar refractivity (Wildman–Crippen MR) is 58.6 cm³/mol. The van der Waals surface area contributed by atoms with Crippen LogP contribution in [0.4, 0.5) is 5.69 Å². The molecule has 0 unspecified atom stereocenters. The zero-order chi connectivity index (χ0) is 12.0. The van der Waals surface area contributed by atoms with Crippen LogP contribution in [-0.2, 0) is 11.3 Å². The Morgan fingerprint density at radius 1 is 1.50 bits per heavy atom. The molecule has 6 heteroatoms. The summed E-state index contributed by atoms with van der Waals surface area (Å²) in [7, 11) is 0. The van der Waals surface area contributed by atoms with Crippen LogP contribution in [0.15, 0.2) is 24.3 Å². The van der Waals surface area contributed by atoms with Crippen molar-refractivity contribution in [2.45, 2.75) is 13.0 Å². The topological polar surface area (TPSA) is 98.3 Å². The molecule has 0 saturated heterocycles. The molecule has 1 rings (SSSR count). The second-order valence-electron chi connectivity index (χ2n) is 3.32. The molecule has 0 aliphatic carbocycles. The molecule has 86 valence electrons. The normalized spacial score (nSPS) is 10.0. The molecular formula is C10H13N3O3. The first kappa shape index (κ1) is 12.1. The van der Waals surface area contributed by atoms with E-state index in [0.717, 1.165) is 5.56 Å². The lowest BCUT2D eigenvalue weighted by molar-refractivity contribution is -0.384. The summed E-state index contributed by atoms with van der Waals surface area (Å²) in [5.41, 5.74) is 5.84. The third kappa shape index (κ3) is 4.05. The fraction of sp³-hybridized carbons (Fsp3) is 0.300. The van der Waals surface area contributed by atoms with Crippen molar-refractivity contribution in [3.63, 3.8) is 0 Å². The Morgan fingerprint density at radius 2 is 2.25 bits per heavy atom. The van der Waals surface area contributed by atoms with Gasteiger partial charge < -0.3 is 11.1 Å². The quantitative estimate of drug-likeness (QED) is 0.418. The highest BCUT2D eigenvalue weighted by Crippen LogP contribution is 2.12. The van der Waals surface area contributed by atoms with Gasteiger partial charge in [-0.1, -0.05) is 12.1 Å². The van der Waals surface area contributed by atoms with Crippen molar-refractivity contribution in [2.24, 2.45) is 5.73 Å². The van der Waals surface area contributed by atoms with Gasteiger partial charge in [0.1, 0.15) is 0 Å². The first-order valence-corrected chi connectivity index (χ1v) is 4.82. The van der Waals surface area contributed by atoms with Gasteiger partial charge in [-0.25, -0.2) is 0 Å². The van der Waals surface area contributed by atoms with E-state index in [2.05, 4.69) is 5.32 Å². The maximum Gasteiger partial charge on any atom is 0.269 e. The molecule has 16 heavy (non-hydrogen) atoms. The SMILES string of the molecule is NC(=O)CCNCc1cccc([N+](=O)[O-])c1. The lowest BCUT2D eigenvalue weighted by atomic mass is 10.2. The van der Waals surface area contributed by atoms with E-state index in [1.807, 2.05) is 0 Å². The number of amides is 1. The molecule has 0 spiro atoms. The Labute approximate surface area is 92.6 Å². The predicted octanol–water partition coefficient (Wildman–Crippen LogP) is 0.560. The molecule has 6 nitrogen and oxygen atoms in total. The molecule has 0 saturated carbocycles. The number of nitrogens with zero attached hydrogens (tertiary/aromatic N) is 1. The molecule has 1 aromatic rings. The van der Waals surface area contributed by atoms with E-state index in [-0.39, 0.29) is 18.0 Å². The van der Waals surface area contributed by atoms with E-state index in [1.54, 1.807) is 12.1 Å². The molecule has 1 aromatic carbocycles. The van der Waals surface area contributed by atoms with Crippen LogP contribution in [0.25, 0.3) is 0 Å². The van der Waals surface area contributed by atoms with Crippen LogP contribution in [0.1, 0.15) is 12.0 Å². The summed E-state index contributed by atoms with van der Waals surface area (Å²) < 4.78 is 0. The van der Waals surface area contributed by atoms with Gasteiger partial charge in [-0.3, -0.25) is 14.9 Å². The largest absolute Gasteiger partial charge is 0.370 e. The number of carbonyl (C=O) groups excluding carboxylic acids is 1. The van der Waals surface area contributed by atoms with Crippen molar-refractivity contribution in [3.8, 4) is 0 Å². The van der Waals surface area contributed by atoms with Crippen LogP contribution in [0.5, 0.6) is 0 Å². The van der Waals surface area contributed by atoms with Crippen molar-refractivity contribution in [3.05, 3.63) is 39.9 Å². The van der Waals surface area contributed by atoms with Gasteiger partial charge in [-0.2, -0.15) is 0 Å². The maximum atomic E-state index is 10.5. The molecule has 0 aliphatic rings. The molecule has 0 heterocycles. The first-order chi connectivity index (χ1) is 7.59. The second kappa shape index (κ2) is 5.82. The molecule has 0 fully saturated rings. The Morgan fingerprint density at radius 3 is 2.88 bits per heavy atom. The Hall–Kier alpha value is -1.95. The van der Waals surface area contributed by atoms with Crippen molar-refractivity contribution in [1.82, 2.24) is 5.32 Å². The van der Waals surface area contributed by atoms with Crippen LogP contribution < -0.4 is 11.1 Å². The molecule has 3 N–H and O–H groups in total. The lowest BCUT2D eigenvalue weighted by Gasteiger charge is -2.03. The van der Waals surface area contributed by atoms with Gasteiger partial charge in [0.05, 0.1) is 4.92 Å². The molecule has 0 aliphatic heterocycles. The van der Waals surface area contributed by atoms with Crippen LogP contribution in [0.3, 0.4) is 0 Å². The number of benzene rings is 1. The van der Waals surface area contributed by atoms with Gasteiger partial charge >= 0.3 is 0 Å². The molecule has 0 bridgehead atoms. The second-order valence-corrected chi connectivity index (χ2v) is 3.32. The van der Waals surface area contributed by atoms with E-state index in [9.17, 15) is 14.9 Å². The zero-order valence-corrected chi connectivity index (χ0v) is 8.68. The first-order valence-electron chi connectivity index (χ1n) is 4.82. The number of carbonyl (C=O) groups is 1. The van der Waals surface area contributed by atoms with Gasteiger partial charge in [0.2, 0.25) is 5.91 Å². The van der Waals surface area contributed by atoms with E-state index >= 15 is 0 Å². The third-order valence-electron chi connectivity index (χ3n) is 2.00. The molecular weight excluding hydrogens is 210 g/mol. The summed E-state index contributed by atoms with van der Waals surface area (Å²) in [6.07, 6.45) is 0.259. The van der Waals surface area contributed by atoms with Crippen molar-refractivity contribution in [1.29, 1.82) is 0 Å². The number of nitrogens with one attached hydrogen (secondary N) is 1. The van der Waals surface area contributed by atoms with E-state index in [1.165, 1.54) is 12.1 Å². The van der Waals surface area contributed by atoms with E-state index < -0.39 is 4.92 Å². The Bertz CT molecular complexity index is 393. The van der Waals surface area contributed by atoms with E-state index in [4.69, 9.17) is 5.73 Å². The van der Waals surface area contributed by atoms with Crippen LogP contribution >= 0.6 is 0 Å². The number of hydrogen-bond donors (Lipinski definition) is 2. The summed E-state index contributed by atoms with van der Waals surface area (Å²) >= 11 is 0. The standard InChI is InChI=1S/C10H13N3O3/c11-10(14)4-5-12-7-8-2-1-3-9(6-8)13(15)16/h1-3,6,12H,4-5,7H2,(H2,11,14). The van der Waals surface area contributed by atoms with Crippen LogP contribution in [0, 0.1) is 10.1 Å². The monoisotopic (exact) mass is 223 g/mol. The lowest BCUT2D eigenvalue weighted by Crippen LogP contribution is -2.21. The minimum absolute atomic E-state index is 0.0641. The number of primary amides is 1. The average Bonchev–Trinajstić information content (AvgIpc) is 2.24. The molecule has 0 aromatic heterocycles. The highest BCUT2D eigenvalue weighted by Gasteiger charge is 2.04. The molecule has 0 radical (unpaired) electrons. The van der Waals surface area contributed by atoms with Crippen LogP contribution in [0.2, 0.25) is 0 Å². The van der Waals surface area contributed by atoms with Crippen molar-refractivity contribution < 1.29 is 9.72 Å². The van der Waals surface area contributed by atoms with Gasteiger partial charge in [-0.05, 0) is 5.56 Å². The maximum absolute atomic E-state index is 10.5. The minimum Gasteiger partial charge on any atom is -0.370 e. The Kier molecular flexibility index (Phi) is 4.41. The fourth-order valence-corrected chi connectivity index (χ4v) is 1.22. The molecule has 1 amide bonds. The average molecular weight is 223 g/mol. The summed E-state index contributed by atoms with van der Waals surface area (Å²) in [5, 5.41) is 13.5. The highest BCUT2D eigenvalue weighted by molar-refractivity contribution is 5.73. The highest BCUT2D eigenvalue weighted by atomic mass is 16.6. The minimum atomic E-state index is -0.438. The number of nitro benzene ring substituents is 1. The number of rotatable bonds is 6. The summed E-state index contributed by atoms with van der Waals surface area (Å²) in [6, 6.07) is 6.34. The number of non-ortho nitro benzene ring substituents is 1. The number of nitrogens with two attached hydrogens (primary N) is 1. The van der Waals surface area contributed by atoms with Gasteiger partial charge in [0, 0.05) is 31.6 Å². The molecule has 0 atom stereocenters. The third-order valence-corrected chi connectivity index (χ3v) is 2.00. The smallest absolute Gasteiger partial charge is 0.269 e. The van der Waals surface area contributed by atoms with Gasteiger partial charge in [-0.15, -0.1) is 0 Å². The van der Waals surface area contributed by atoms with Gasteiger partial charge in [0.25, 0.3) is 5.69 Å². The van der Waals surface area contributed by atoms with Gasteiger partial charge in [0.15, 0.2) is 0 Å².